The molecule has 8 aromatic rings. The largest absolute Gasteiger partial charge is 0.454 e. The Kier molecular flexibility index (Phi) is 5.82. The first kappa shape index (κ1) is 24.2. The molecular formula is C40H27NO. The Morgan fingerprint density at radius 2 is 0.952 bits per heavy atom. The molecule has 2 nitrogen and oxygen atoms in total. The number of anilines is 3. The highest BCUT2D eigenvalue weighted by atomic mass is 16.3. The zero-order valence-electron chi connectivity index (χ0n) is 22.9. The van der Waals surface area contributed by atoms with Crippen LogP contribution >= 0.6 is 0 Å². The maximum atomic E-state index is 6.70. The van der Waals surface area contributed by atoms with Crippen molar-refractivity contribution in [3.05, 3.63) is 164 Å². The highest BCUT2D eigenvalue weighted by molar-refractivity contribution is 6.21. The van der Waals surface area contributed by atoms with Gasteiger partial charge in [-0.25, -0.2) is 0 Å². The Morgan fingerprint density at radius 3 is 1.62 bits per heavy atom. The van der Waals surface area contributed by atoms with E-state index in [2.05, 4.69) is 169 Å². The molecule has 1 heterocycles. The van der Waals surface area contributed by atoms with Crippen LogP contribution in [0.25, 0.3) is 55.0 Å². The van der Waals surface area contributed by atoms with Crippen molar-refractivity contribution in [2.24, 2.45) is 0 Å². The summed E-state index contributed by atoms with van der Waals surface area (Å²) in [4.78, 5) is 2.33. The van der Waals surface area contributed by atoms with E-state index in [9.17, 15) is 0 Å². The number of hydrogen-bond acceptors (Lipinski definition) is 2. The number of rotatable bonds is 5. The van der Waals surface area contributed by atoms with Gasteiger partial charge in [-0.3, -0.25) is 0 Å². The summed E-state index contributed by atoms with van der Waals surface area (Å²) >= 11 is 0. The molecule has 0 saturated carbocycles. The SMILES string of the molecule is c1ccc(-c2cccc(N(c3cccc(-c4ccccc4)c3)c3cccc4c3oc3ccc5ccccc5c34)c2)cc1. The van der Waals surface area contributed by atoms with Gasteiger partial charge in [0.15, 0.2) is 5.58 Å². The minimum absolute atomic E-state index is 0.874. The van der Waals surface area contributed by atoms with Crippen LogP contribution < -0.4 is 4.90 Å². The van der Waals surface area contributed by atoms with Gasteiger partial charge in [0.1, 0.15) is 5.58 Å². The van der Waals surface area contributed by atoms with Crippen LogP contribution in [0.1, 0.15) is 0 Å². The van der Waals surface area contributed by atoms with E-state index < -0.39 is 0 Å². The first-order chi connectivity index (χ1) is 20.8. The third kappa shape index (κ3) is 4.13. The second-order valence-corrected chi connectivity index (χ2v) is 10.6. The van der Waals surface area contributed by atoms with Gasteiger partial charge in [0, 0.05) is 22.1 Å². The van der Waals surface area contributed by atoms with Crippen molar-refractivity contribution in [3.8, 4) is 22.3 Å². The van der Waals surface area contributed by atoms with Gasteiger partial charge >= 0.3 is 0 Å². The average Bonchev–Trinajstić information content (AvgIpc) is 3.46. The molecule has 0 aliphatic heterocycles. The zero-order chi connectivity index (χ0) is 27.9. The van der Waals surface area contributed by atoms with Gasteiger partial charge in [0.2, 0.25) is 0 Å². The lowest BCUT2D eigenvalue weighted by molar-refractivity contribution is 0.669. The van der Waals surface area contributed by atoms with E-state index in [-0.39, 0.29) is 0 Å². The molecule has 0 N–H and O–H groups in total. The molecule has 0 amide bonds. The quantitative estimate of drug-likeness (QED) is 0.217. The summed E-state index contributed by atoms with van der Waals surface area (Å²) in [7, 11) is 0. The fourth-order valence-electron chi connectivity index (χ4n) is 6.07. The molecule has 0 spiro atoms. The molecular weight excluding hydrogens is 510 g/mol. The average molecular weight is 538 g/mol. The van der Waals surface area contributed by atoms with Crippen LogP contribution in [0.15, 0.2) is 168 Å². The summed E-state index contributed by atoms with van der Waals surface area (Å²) in [6.45, 7) is 0. The van der Waals surface area contributed by atoms with Crippen LogP contribution in [0.4, 0.5) is 17.1 Å². The van der Waals surface area contributed by atoms with E-state index in [0.717, 1.165) is 39.0 Å². The van der Waals surface area contributed by atoms with Gasteiger partial charge in [0.25, 0.3) is 0 Å². The molecule has 0 aliphatic rings. The van der Waals surface area contributed by atoms with E-state index >= 15 is 0 Å². The third-order valence-electron chi connectivity index (χ3n) is 8.03. The van der Waals surface area contributed by atoms with E-state index in [1.165, 1.54) is 33.0 Å². The fourth-order valence-corrected chi connectivity index (χ4v) is 6.07. The van der Waals surface area contributed by atoms with Crippen LogP contribution in [-0.2, 0) is 0 Å². The highest BCUT2D eigenvalue weighted by Gasteiger charge is 2.21. The first-order valence-electron chi connectivity index (χ1n) is 14.3. The van der Waals surface area contributed by atoms with Crippen LogP contribution in [-0.4, -0.2) is 0 Å². The summed E-state index contributed by atoms with van der Waals surface area (Å²) in [5.74, 6) is 0. The van der Waals surface area contributed by atoms with Crippen molar-refractivity contribution in [1.29, 1.82) is 0 Å². The minimum Gasteiger partial charge on any atom is -0.454 e. The van der Waals surface area contributed by atoms with Crippen molar-refractivity contribution in [1.82, 2.24) is 0 Å². The predicted molar refractivity (Wildman–Crippen MR) is 177 cm³/mol. The molecule has 2 heteroatoms. The standard InChI is InChI=1S/C40H27NO/c1-3-12-28(13-4-1)31-17-9-19-33(26-31)41(34-20-10-18-32(27-34)29-14-5-2-6-15-29)37-23-11-22-36-39-35-21-8-7-16-30(35)24-25-38(39)42-40(36)37/h1-27H. The second-order valence-electron chi connectivity index (χ2n) is 10.6. The fraction of sp³-hybridized carbons (Fsp3) is 0. The first-order valence-corrected chi connectivity index (χ1v) is 14.3. The monoisotopic (exact) mass is 537 g/mol. The number of furan rings is 1. The Morgan fingerprint density at radius 1 is 0.405 bits per heavy atom. The maximum absolute atomic E-state index is 6.70. The number of benzene rings is 7. The van der Waals surface area contributed by atoms with Gasteiger partial charge in [-0.05, 0) is 69.4 Å². The van der Waals surface area contributed by atoms with Gasteiger partial charge in [0.05, 0.1) is 5.69 Å². The molecule has 8 rings (SSSR count). The number of hydrogen-bond donors (Lipinski definition) is 0. The van der Waals surface area contributed by atoms with Crippen molar-refractivity contribution in [3.63, 3.8) is 0 Å². The normalized spacial score (nSPS) is 11.3. The van der Waals surface area contributed by atoms with Crippen molar-refractivity contribution >= 4 is 49.8 Å². The molecule has 0 unspecified atom stereocenters. The lowest BCUT2D eigenvalue weighted by Gasteiger charge is -2.26. The number of para-hydroxylation sites is 1. The molecule has 0 atom stereocenters. The Labute approximate surface area is 244 Å². The van der Waals surface area contributed by atoms with Gasteiger partial charge < -0.3 is 9.32 Å². The van der Waals surface area contributed by atoms with Crippen LogP contribution in [0.3, 0.4) is 0 Å². The summed E-state index contributed by atoms with van der Waals surface area (Å²) < 4.78 is 6.70. The molecule has 42 heavy (non-hydrogen) atoms. The molecule has 198 valence electrons. The lowest BCUT2D eigenvalue weighted by Crippen LogP contribution is -2.10. The van der Waals surface area contributed by atoms with Gasteiger partial charge in [-0.2, -0.15) is 0 Å². The van der Waals surface area contributed by atoms with Crippen LogP contribution in [0.2, 0.25) is 0 Å². The van der Waals surface area contributed by atoms with E-state index in [1.54, 1.807) is 0 Å². The Hall–Kier alpha value is -5.60. The number of fused-ring (bicyclic) bond motifs is 5. The summed E-state index contributed by atoms with van der Waals surface area (Å²) in [6.07, 6.45) is 0. The highest BCUT2D eigenvalue weighted by Crippen LogP contribution is 2.44. The second kappa shape index (κ2) is 10.1. The molecule has 0 radical (unpaired) electrons. The Bertz CT molecular complexity index is 2110. The lowest BCUT2D eigenvalue weighted by atomic mass is 10.0. The smallest absolute Gasteiger partial charge is 0.159 e. The maximum Gasteiger partial charge on any atom is 0.159 e. The predicted octanol–water partition coefficient (Wildman–Crippen LogP) is 11.5. The Balaban J connectivity index is 1.39. The van der Waals surface area contributed by atoms with Crippen LogP contribution in [0, 0.1) is 0 Å². The third-order valence-corrected chi connectivity index (χ3v) is 8.03. The van der Waals surface area contributed by atoms with E-state index in [1.807, 2.05) is 0 Å². The van der Waals surface area contributed by atoms with Crippen LogP contribution in [0.5, 0.6) is 0 Å². The summed E-state index contributed by atoms with van der Waals surface area (Å²) in [5, 5.41) is 4.68. The zero-order valence-corrected chi connectivity index (χ0v) is 22.9. The molecule has 1 aromatic heterocycles. The van der Waals surface area contributed by atoms with E-state index in [0.29, 0.717) is 0 Å². The summed E-state index contributed by atoms with van der Waals surface area (Å²) in [5.41, 5.74) is 9.62. The van der Waals surface area contributed by atoms with Gasteiger partial charge in [-0.15, -0.1) is 0 Å². The molecule has 0 saturated heterocycles. The van der Waals surface area contributed by atoms with Crippen molar-refractivity contribution in [2.45, 2.75) is 0 Å². The van der Waals surface area contributed by atoms with Crippen molar-refractivity contribution < 1.29 is 4.42 Å². The topological polar surface area (TPSA) is 16.4 Å². The molecule has 0 fully saturated rings. The minimum atomic E-state index is 0.874. The molecule has 0 bridgehead atoms. The molecule has 7 aromatic carbocycles. The van der Waals surface area contributed by atoms with Gasteiger partial charge in [-0.1, -0.05) is 127 Å². The molecule has 0 aliphatic carbocycles. The summed E-state index contributed by atoms with van der Waals surface area (Å²) in [6, 6.07) is 57.8. The van der Waals surface area contributed by atoms with E-state index in [4.69, 9.17) is 4.42 Å². The van der Waals surface area contributed by atoms with Crippen molar-refractivity contribution in [2.75, 3.05) is 4.90 Å². The number of nitrogens with zero attached hydrogens (tertiary/aromatic N) is 1.